The number of rotatable bonds is 0. The van der Waals surface area contributed by atoms with Crippen molar-refractivity contribution in [2.45, 2.75) is 0 Å². The molecular weight excluding hydrogens is 298 g/mol. The minimum absolute atomic E-state index is 8.69. The molecule has 0 unspecified atom stereocenters. The van der Waals surface area contributed by atoms with E-state index >= 15 is 0 Å². The Kier molecular flexibility index (Phi) is 0.383. The van der Waals surface area contributed by atoms with Crippen LogP contribution in [0, 0.1) is 0 Å². The van der Waals surface area contributed by atoms with Crippen LogP contribution in [0.2, 0.25) is 0 Å². The Morgan fingerprint density at radius 1 is 0.500 bits per heavy atom. The van der Waals surface area contributed by atoms with Gasteiger partial charge in [0.25, 0.3) is 0 Å². The normalized spacial score (nSPS) is 20.1. The predicted octanol–water partition coefficient (Wildman–Crippen LogP) is -0.834. The molecule has 0 aliphatic carbocycles. The molecule has 0 aliphatic heterocycles. The molecule has 0 amide bonds. The summed E-state index contributed by atoms with van der Waals surface area (Å²) in [5, 5.41) is 0. The molecule has 0 fully saturated rings. The standard InChI is InChI=1S/7O.Re. The van der Waals surface area contributed by atoms with Gasteiger partial charge in [0.15, 0.2) is 0 Å². The zero-order chi connectivity index (χ0) is 7.38. The van der Waals surface area contributed by atoms with Crippen molar-refractivity contribution in [3.8, 4) is 0 Å². The maximum atomic E-state index is 8.69. The van der Waals surface area contributed by atoms with E-state index in [0.717, 1.165) is 0 Å². The van der Waals surface area contributed by atoms with Crippen LogP contribution < -0.4 is 0 Å². The molecule has 0 rings (SSSR count). The van der Waals surface area contributed by atoms with Gasteiger partial charge in [-0.05, 0) is 0 Å². The molecule has 0 N–H and O–H groups in total. The summed E-state index contributed by atoms with van der Waals surface area (Å²) in [7, 11) is 0. The van der Waals surface area contributed by atoms with Crippen LogP contribution in [0.4, 0.5) is 0 Å². The summed E-state index contributed by atoms with van der Waals surface area (Å²) < 4.78 is 60.8. The monoisotopic (exact) mass is 299 g/mol. The van der Waals surface area contributed by atoms with E-state index in [9.17, 15) is 0 Å². The quantitative estimate of drug-likeness (QED) is 0.572. The minimum atomic E-state index is -11.6. The third-order valence-corrected chi connectivity index (χ3v) is 0. The Morgan fingerprint density at radius 2 is 0.500 bits per heavy atom. The molecule has 7 nitrogen and oxygen atoms in total. The fourth-order valence-electron chi connectivity index (χ4n) is 0. The fraction of sp³-hybridized carbons (Fsp3) is 0. The molecule has 0 aromatic rings. The fourth-order valence-corrected chi connectivity index (χ4v) is 0. The van der Waals surface area contributed by atoms with Gasteiger partial charge in [0.05, 0.1) is 0 Å². The molecule has 0 atom stereocenters. The first-order chi connectivity index (χ1) is 2.65. The molecule has 8 heteroatoms. The molecule has 0 bridgehead atoms. The average molecular weight is 298 g/mol. The molecule has 0 aliphatic rings. The topological polar surface area (TPSA) is 119 Å². The summed E-state index contributed by atoms with van der Waals surface area (Å²) in [5.74, 6) is 0. The van der Waals surface area contributed by atoms with Gasteiger partial charge in [0.2, 0.25) is 0 Å². The van der Waals surface area contributed by atoms with E-state index in [2.05, 4.69) is 0 Å². The molecule has 0 saturated heterocycles. The second-order valence-corrected chi connectivity index (χ2v) is 10.8. The summed E-state index contributed by atoms with van der Waals surface area (Å²) in [6.07, 6.45) is 0. The van der Waals surface area contributed by atoms with Crippen molar-refractivity contribution in [2.24, 2.45) is 0 Å². The first-order valence-corrected chi connectivity index (χ1v) is 8.84. The molecule has 49 valence electrons. The van der Waals surface area contributed by atoms with E-state index in [1.54, 1.807) is 0 Å². The van der Waals surface area contributed by atoms with Gasteiger partial charge in [0.1, 0.15) is 0 Å². The predicted molar refractivity (Wildman–Crippen MR) is 4.81 cm³/mol. The first kappa shape index (κ1) is 7.26. The van der Waals surface area contributed by atoms with E-state index in [1.165, 1.54) is 0 Å². The molecular formula is O7Re. The van der Waals surface area contributed by atoms with Crippen molar-refractivity contribution >= 4 is 0 Å². The molecule has 0 heterocycles. The molecule has 0 aromatic carbocycles. The summed E-state index contributed by atoms with van der Waals surface area (Å²) in [6.45, 7) is 0. The zero-order valence-corrected chi connectivity index (χ0v) is 5.95. The number of hydrogen-bond donors (Lipinski definition) is 0. The van der Waals surface area contributed by atoms with Gasteiger partial charge in [-0.2, -0.15) is 0 Å². The SMILES string of the molecule is [O]=[Re](=[O])(=[O])(=[O])(=[O])(=[O])=[O]. The van der Waals surface area contributed by atoms with Crippen LogP contribution >= 0.6 is 0 Å². The molecule has 0 spiro atoms. The molecule has 8 heavy (non-hydrogen) atoms. The van der Waals surface area contributed by atoms with Gasteiger partial charge in [-0.3, -0.25) is 0 Å². The maximum absolute atomic E-state index is 11.6. The number of hydrogen-bond acceptors (Lipinski definition) is 7. The average Bonchev–Trinajstić information content (AvgIpc) is 0.544. The second-order valence-electron chi connectivity index (χ2n) is 1.32. The van der Waals surface area contributed by atoms with E-state index in [4.69, 9.17) is 24.3 Å². The van der Waals surface area contributed by atoms with Crippen molar-refractivity contribution in [1.82, 2.24) is 0 Å². The second kappa shape index (κ2) is 0.422. The third-order valence-electron chi connectivity index (χ3n) is 0. The van der Waals surface area contributed by atoms with Gasteiger partial charge >= 0.3 is 35.9 Å². The zero-order valence-electron chi connectivity index (χ0n) is 3.24. The van der Waals surface area contributed by atoms with Crippen molar-refractivity contribution in [1.29, 1.82) is 0 Å². The Hall–Kier alpha value is -0.738. The Bertz CT molecular complexity index is 632. The van der Waals surface area contributed by atoms with Crippen LogP contribution in [0.5, 0.6) is 0 Å². The van der Waals surface area contributed by atoms with Gasteiger partial charge in [0, 0.05) is 0 Å². The third kappa shape index (κ3) is 176. The molecule has 0 saturated carbocycles. The van der Waals surface area contributed by atoms with Crippen molar-refractivity contribution in [3.63, 3.8) is 0 Å². The van der Waals surface area contributed by atoms with Crippen molar-refractivity contribution < 1.29 is 35.9 Å². The summed E-state index contributed by atoms with van der Waals surface area (Å²) >= 11 is -11.6. The van der Waals surface area contributed by atoms with Crippen LogP contribution in [-0.4, -0.2) is 0 Å². The van der Waals surface area contributed by atoms with Crippen molar-refractivity contribution in [2.75, 3.05) is 0 Å². The van der Waals surface area contributed by atoms with Crippen LogP contribution in [0.3, 0.4) is 0 Å². The summed E-state index contributed by atoms with van der Waals surface area (Å²) in [4.78, 5) is 0. The van der Waals surface area contributed by atoms with Gasteiger partial charge < -0.3 is 0 Å². The summed E-state index contributed by atoms with van der Waals surface area (Å²) in [5.41, 5.74) is 0. The van der Waals surface area contributed by atoms with Crippen LogP contribution in [0.1, 0.15) is 0 Å². The van der Waals surface area contributed by atoms with E-state index in [-0.39, 0.29) is 0 Å². The van der Waals surface area contributed by atoms with Crippen LogP contribution in [0.25, 0.3) is 0 Å². The Balaban J connectivity index is 10.3. The van der Waals surface area contributed by atoms with Gasteiger partial charge in [-0.25, -0.2) is 0 Å². The van der Waals surface area contributed by atoms with E-state index < -0.39 is 11.6 Å². The van der Waals surface area contributed by atoms with Crippen molar-refractivity contribution in [3.05, 3.63) is 0 Å². The van der Waals surface area contributed by atoms with Gasteiger partial charge in [-0.15, -0.1) is 0 Å². The van der Waals surface area contributed by atoms with Crippen LogP contribution in [-0.2, 0) is 35.9 Å². The molecule has 0 aromatic heterocycles. The van der Waals surface area contributed by atoms with E-state index in [1.807, 2.05) is 0 Å². The first-order valence-electron chi connectivity index (χ1n) is 1.08. The Morgan fingerprint density at radius 3 is 0.500 bits per heavy atom. The van der Waals surface area contributed by atoms with E-state index in [0.29, 0.717) is 0 Å². The van der Waals surface area contributed by atoms with Crippen LogP contribution in [0.15, 0.2) is 0 Å². The Labute approximate surface area is 36.6 Å². The van der Waals surface area contributed by atoms with Gasteiger partial charge in [-0.1, -0.05) is 0 Å². The summed E-state index contributed by atoms with van der Waals surface area (Å²) in [6, 6.07) is 0. The molecule has 0 radical (unpaired) electrons.